The zero-order valence-corrected chi connectivity index (χ0v) is 14.5. The monoisotopic (exact) mass is 338 g/mol. The lowest BCUT2D eigenvalue weighted by Gasteiger charge is -2.32. The molecule has 0 spiro atoms. The van der Waals surface area contributed by atoms with Gasteiger partial charge in [-0.05, 0) is 55.9 Å². The van der Waals surface area contributed by atoms with Crippen molar-refractivity contribution < 1.29 is 4.39 Å². The fourth-order valence-electron chi connectivity index (χ4n) is 3.74. The number of aromatic amines is 1. The zero-order valence-electron chi connectivity index (χ0n) is 14.5. The van der Waals surface area contributed by atoms with Crippen LogP contribution in [-0.2, 0) is 0 Å². The van der Waals surface area contributed by atoms with E-state index in [1.54, 1.807) is 6.92 Å². The first-order valence-electron chi connectivity index (χ1n) is 8.94. The predicted molar refractivity (Wildman–Crippen MR) is 98.3 cm³/mol. The number of nitrogens with one attached hydrogen (secondary N) is 1. The van der Waals surface area contributed by atoms with E-state index in [0.29, 0.717) is 12.5 Å². The third-order valence-corrected chi connectivity index (χ3v) is 5.09. The van der Waals surface area contributed by atoms with E-state index in [4.69, 9.17) is 4.98 Å². The molecule has 1 aliphatic rings. The smallest absolute Gasteiger partial charge is 0.110 e. The molecule has 0 bridgehead atoms. The molecule has 25 heavy (non-hydrogen) atoms. The van der Waals surface area contributed by atoms with Crippen molar-refractivity contribution in [1.82, 2.24) is 20.1 Å². The normalized spacial score (nSPS) is 17.8. The summed E-state index contributed by atoms with van der Waals surface area (Å²) in [6.07, 6.45) is 7.06. The number of likely N-dealkylation sites (tertiary alicyclic amines) is 1. The Kier molecular flexibility index (Phi) is 4.49. The van der Waals surface area contributed by atoms with Gasteiger partial charge in [0.15, 0.2) is 0 Å². The molecule has 3 aromatic rings. The molecule has 1 aromatic carbocycles. The first kappa shape index (κ1) is 16.2. The summed E-state index contributed by atoms with van der Waals surface area (Å²) in [5.41, 5.74) is 3.41. The third kappa shape index (κ3) is 3.56. The van der Waals surface area contributed by atoms with Crippen LogP contribution in [0.4, 0.5) is 4.39 Å². The van der Waals surface area contributed by atoms with Gasteiger partial charge in [0.1, 0.15) is 6.17 Å². The highest BCUT2D eigenvalue weighted by Gasteiger charge is 2.22. The third-order valence-electron chi connectivity index (χ3n) is 5.09. The van der Waals surface area contributed by atoms with Crippen LogP contribution in [0.1, 0.15) is 31.4 Å². The van der Waals surface area contributed by atoms with Gasteiger partial charge in [0, 0.05) is 41.5 Å². The van der Waals surface area contributed by atoms with Crippen LogP contribution >= 0.6 is 0 Å². The number of nitrogens with zero attached hydrogens (tertiary/aromatic N) is 3. The minimum atomic E-state index is -0.753. The van der Waals surface area contributed by atoms with Gasteiger partial charge in [0.05, 0.1) is 6.20 Å². The molecule has 5 heteroatoms. The van der Waals surface area contributed by atoms with E-state index in [1.165, 1.54) is 5.39 Å². The second kappa shape index (κ2) is 6.92. The maximum Gasteiger partial charge on any atom is 0.110 e. The maximum absolute atomic E-state index is 13.2. The predicted octanol–water partition coefficient (Wildman–Crippen LogP) is 4.16. The summed E-state index contributed by atoms with van der Waals surface area (Å²) in [5, 5.41) is 9.26. The van der Waals surface area contributed by atoms with Gasteiger partial charge in [-0.3, -0.25) is 10.1 Å². The Balaban J connectivity index is 1.54. The fourth-order valence-corrected chi connectivity index (χ4v) is 3.74. The molecule has 1 atom stereocenters. The SMILES string of the molecule is CC(F)CN1CCC(c2cc3cc(-c4cn[nH]c4)ccc3cn2)CC1. The number of piperidine rings is 1. The largest absolute Gasteiger partial charge is 0.300 e. The highest BCUT2D eigenvalue weighted by Crippen LogP contribution is 2.30. The lowest BCUT2D eigenvalue weighted by atomic mass is 9.91. The van der Waals surface area contributed by atoms with Crippen LogP contribution in [-0.4, -0.2) is 45.9 Å². The van der Waals surface area contributed by atoms with Crippen LogP contribution in [0.3, 0.4) is 0 Å². The van der Waals surface area contributed by atoms with Crippen molar-refractivity contribution in [3.8, 4) is 11.1 Å². The Morgan fingerprint density at radius 3 is 2.72 bits per heavy atom. The number of H-pyrrole nitrogens is 1. The molecule has 0 aliphatic carbocycles. The van der Waals surface area contributed by atoms with Crippen molar-refractivity contribution >= 4 is 10.8 Å². The molecule has 130 valence electrons. The van der Waals surface area contributed by atoms with Crippen LogP contribution in [0.25, 0.3) is 21.9 Å². The molecule has 3 heterocycles. The zero-order chi connectivity index (χ0) is 17.2. The summed E-state index contributed by atoms with van der Waals surface area (Å²) in [4.78, 5) is 6.92. The van der Waals surface area contributed by atoms with Gasteiger partial charge < -0.3 is 4.90 Å². The number of pyridine rings is 1. The summed E-state index contributed by atoms with van der Waals surface area (Å²) in [6, 6.07) is 8.63. The van der Waals surface area contributed by atoms with Crippen molar-refractivity contribution in [2.75, 3.05) is 19.6 Å². The topological polar surface area (TPSA) is 44.8 Å². The first-order valence-corrected chi connectivity index (χ1v) is 8.94. The standard InChI is InChI=1S/C20H23FN4/c1-14(21)13-25-6-4-15(5-7-25)20-9-18-8-16(19-11-23-24-12-19)2-3-17(18)10-22-20/h2-3,8-12,14-15H,4-7,13H2,1H3,(H,23,24). The highest BCUT2D eigenvalue weighted by atomic mass is 19.1. The Labute approximate surface area is 147 Å². The quantitative estimate of drug-likeness (QED) is 0.777. The van der Waals surface area contributed by atoms with E-state index in [1.807, 2.05) is 18.6 Å². The second-order valence-corrected chi connectivity index (χ2v) is 7.01. The van der Waals surface area contributed by atoms with Crippen molar-refractivity contribution in [3.05, 3.63) is 48.5 Å². The molecule has 4 rings (SSSR count). The summed E-state index contributed by atoms with van der Waals surface area (Å²) < 4.78 is 13.2. The first-order chi connectivity index (χ1) is 12.2. The number of hydrogen-bond donors (Lipinski definition) is 1. The van der Waals surface area contributed by atoms with Gasteiger partial charge in [-0.1, -0.05) is 12.1 Å². The summed E-state index contributed by atoms with van der Waals surface area (Å²) in [6.45, 7) is 4.09. The van der Waals surface area contributed by atoms with E-state index in [2.05, 4.69) is 39.4 Å². The number of rotatable bonds is 4. The molecule has 0 amide bonds. The molecule has 0 saturated carbocycles. The van der Waals surface area contributed by atoms with E-state index in [9.17, 15) is 4.39 Å². The van der Waals surface area contributed by atoms with Crippen molar-refractivity contribution in [1.29, 1.82) is 0 Å². The molecule has 1 unspecified atom stereocenters. The van der Waals surface area contributed by atoms with E-state index in [-0.39, 0.29) is 0 Å². The van der Waals surface area contributed by atoms with E-state index < -0.39 is 6.17 Å². The molecule has 1 fully saturated rings. The van der Waals surface area contributed by atoms with Gasteiger partial charge in [0.25, 0.3) is 0 Å². The Morgan fingerprint density at radius 1 is 1.16 bits per heavy atom. The Morgan fingerprint density at radius 2 is 2.00 bits per heavy atom. The molecular formula is C20H23FN4. The lowest BCUT2D eigenvalue weighted by Crippen LogP contribution is -2.36. The minimum Gasteiger partial charge on any atom is -0.300 e. The minimum absolute atomic E-state index is 0.466. The van der Waals surface area contributed by atoms with Gasteiger partial charge in [0.2, 0.25) is 0 Å². The maximum atomic E-state index is 13.2. The fraction of sp³-hybridized carbons (Fsp3) is 0.400. The van der Waals surface area contributed by atoms with Crippen LogP contribution < -0.4 is 0 Å². The second-order valence-electron chi connectivity index (χ2n) is 7.01. The van der Waals surface area contributed by atoms with E-state index >= 15 is 0 Å². The number of hydrogen-bond acceptors (Lipinski definition) is 3. The average molecular weight is 338 g/mol. The number of alkyl halides is 1. The lowest BCUT2D eigenvalue weighted by molar-refractivity contribution is 0.164. The molecule has 2 aromatic heterocycles. The molecule has 1 N–H and O–H groups in total. The number of aromatic nitrogens is 3. The average Bonchev–Trinajstić information content (AvgIpc) is 3.16. The Hall–Kier alpha value is -2.27. The van der Waals surface area contributed by atoms with Crippen molar-refractivity contribution in [2.24, 2.45) is 0 Å². The van der Waals surface area contributed by atoms with E-state index in [0.717, 1.165) is 48.1 Å². The number of fused-ring (bicyclic) bond motifs is 1. The summed E-state index contributed by atoms with van der Waals surface area (Å²) in [7, 11) is 0. The Bertz CT molecular complexity index is 836. The molecule has 1 aliphatic heterocycles. The number of halogens is 1. The van der Waals surface area contributed by atoms with Crippen LogP contribution in [0.5, 0.6) is 0 Å². The molecule has 4 nitrogen and oxygen atoms in total. The van der Waals surface area contributed by atoms with Gasteiger partial charge in [-0.15, -0.1) is 0 Å². The van der Waals surface area contributed by atoms with Crippen LogP contribution in [0.2, 0.25) is 0 Å². The van der Waals surface area contributed by atoms with Crippen LogP contribution in [0, 0.1) is 0 Å². The van der Waals surface area contributed by atoms with Gasteiger partial charge in [-0.2, -0.15) is 5.10 Å². The van der Waals surface area contributed by atoms with Crippen LogP contribution in [0.15, 0.2) is 42.9 Å². The van der Waals surface area contributed by atoms with Crippen molar-refractivity contribution in [2.45, 2.75) is 31.9 Å². The van der Waals surface area contributed by atoms with Gasteiger partial charge in [-0.25, -0.2) is 4.39 Å². The molecule has 0 radical (unpaired) electrons. The molecule has 1 saturated heterocycles. The summed E-state index contributed by atoms with van der Waals surface area (Å²) >= 11 is 0. The summed E-state index contributed by atoms with van der Waals surface area (Å²) in [5.74, 6) is 0.466. The van der Waals surface area contributed by atoms with Gasteiger partial charge >= 0.3 is 0 Å². The highest BCUT2D eigenvalue weighted by molar-refractivity contribution is 5.86. The number of benzene rings is 1. The molecular weight excluding hydrogens is 315 g/mol. The van der Waals surface area contributed by atoms with Crippen molar-refractivity contribution in [3.63, 3.8) is 0 Å².